The van der Waals surface area contributed by atoms with E-state index in [4.69, 9.17) is 0 Å². The summed E-state index contributed by atoms with van der Waals surface area (Å²) >= 11 is 2.18. The molecule has 0 saturated carbocycles. The zero-order valence-corrected chi connectivity index (χ0v) is 10.8. The van der Waals surface area contributed by atoms with Crippen molar-refractivity contribution in [1.82, 2.24) is 19.2 Å². The number of hydrogen-bond acceptors (Lipinski definition) is 3. The lowest BCUT2D eigenvalue weighted by Crippen LogP contribution is -2.20. The van der Waals surface area contributed by atoms with Gasteiger partial charge in [0.2, 0.25) is 0 Å². The van der Waals surface area contributed by atoms with Crippen LogP contribution in [0.2, 0.25) is 0 Å². The summed E-state index contributed by atoms with van der Waals surface area (Å²) in [6, 6.07) is 9.08. The molecule has 3 heterocycles. The maximum atomic E-state index is 12.1. The van der Waals surface area contributed by atoms with Crippen molar-refractivity contribution in [1.29, 1.82) is 0 Å². The van der Waals surface area contributed by atoms with Crippen molar-refractivity contribution >= 4 is 28.2 Å². The maximum Gasteiger partial charge on any atom is 0.356 e. The Morgan fingerprint density at radius 1 is 1.24 bits per heavy atom. The molecule has 0 saturated heterocycles. The van der Waals surface area contributed by atoms with Crippen LogP contribution in [0.25, 0.3) is 11.5 Å². The van der Waals surface area contributed by atoms with Gasteiger partial charge in [-0.05, 0) is 46.9 Å². The Labute approximate surface area is 110 Å². The molecule has 5 nitrogen and oxygen atoms in total. The summed E-state index contributed by atoms with van der Waals surface area (Å²) in [5.74, 6) is 0.524. The fraction of sp³-hybridized carbons (Fsp3) is 0. The van der Waals surface area contributed by atoms with Gasteiger partial charge in [-0.15, -0.1) is 5.10 Å². The number of pyridine rings is 2. The highest BCUT2D eigenvalue weighted by molar-refractivity contribution is 14.1. The van der Waals surface area contributed by atoms with E-state index < -0.39 is 0 Å². The number of fused-ring (bicyclic) bond motifs is 1. The molecule has 0 spiro atoms. The lowest BCUT2D eigenvalue weighted by Gasteiger charge is -1.94. The van der Waals surface area contributed by atoms with Crippen LogP contribution in [0.3, 0.4) is 0 Å². The minimum atomic E-state index is -0.213. The molecule has 84 valence electrons. The van der Waals surface area contributed by atoms with Crippen LogP contribution in [0.15, 0.2) is 47.5 Å². The molecule has 0 radical (unpaired) electrons. The summed E-state index contributed by atoms with van der Waals surface area (Å²) in [6.45, 7) is 0. The third kappa shape index (κ3) is 1.74. The van der Waals surface area contributed by atoms with Crippen molar-refractivity contribution in [2.45, 2.75) is 0 Å². The standard InChI is InChI=1S/C11H7IN4O/c12-8-4-6-15-10(7-8)14-16(11(15)17)9-3-1-2-5-13-9/h1-7H. The Morgan fingerprint density at radius 3 is 2.88 bits per heavy atom. The first kappa shape index (κ1) is 10.5. The molecule has 0 amide bonds. The first-order valence-electron chi connectivity index (χ1n) is 4.94. The Kier molecular flexibility index (Phi) is 2.43. The van der Waals surface area contributed by atoms with Gasteiger partial charge < -0.3 is 0 Å². The lowest BCUT2D eigenvalue weighted by molar-refractivity contribution is 0.810. The van der Waals surface area contributed by atoms with Gasteiger partial charge in [0.15, 0.2) is 11.5 Å². The second kappa shape index (κ2) is 3.95. The van der Waals surface area contributed by atoms with E-state index >= 15 is 0 Å². The molecular weight excluding hydrogens is 331 g/mol. The van der Waals surface area contributed by atoms with E-state index in [-0.39, 0.29) is 5.69 Å². The van der Waals surface area contributed by atoms with E-state index in [9.17, 15) is 4.79 Å². The number of nitrogens with zero attached hydrogens (tertiary/aromatic N) is 4. The average molecular weight is 338 g/mol. The molecule has 0 atom stereocenters. The molecule has 0 fully saturated rings. The highest BCUT2D eigenvalue weighted by Gasteiger charge is 2.08. The number of rotatable bonds is 1. The Morgan fingerprint density at radius 2 is 2.12 bits per heavy atom. The van der Waals surface area contributed by atoms with Gasteiger partial charge >= 0.3 is 5.69 Å². The first-order valence-corrected chi connectivity index (χ1v) is 6.02. The second-order valence-corrected chi connectivity index (χ2v) is 4.70. The molecule has 0 bridgehead atoms. The normalized spacial score (nSPS) is 10.9. The summed E-state index contributed by atoms with van der Waals surface area (Å²) in [5.41, 5.74) is 0.405. The molecule has 3 aromatic rings. The van der Waals surface area contributed by atoms with Crippen LogP contribution in [0.5, 0.6) is 0 Å². The van der Waals surface area contributed by atoms with Gasteiger partial charge in [-0.3, -0.25) is 0 Å². The van der Waals surface area contributed by atoms with Crippen LogP contribution in [-0.2, 0) is 0 Å². The van der Waals surface area contributed by atoms with Crippen LogP contribution in [-0.4, -0.2) is 19.2 Å². The molecular formula is C11H7IN4O. The second-order valence-electron chi connectivity index (χ2n) is 3.46. The van der Waals surface area contributed by atoms with Crippen LogP contribution in [0.1, 0.15) is 0 Å². The molecule has 0 aliphatic rings. The van der Waals surface area contributed by atoms with Gasteiger partial charge in [0.05, 0.1) is 0 Å². The monoisotopic (exact) mass is 338 g/mol. The van der Waals surface area contributed by atoms with Gasteiger partial charge in [-0.2, -0.15) is 4.68 Å². The first-order chi connectivity index (χ1) is 8.25. The van der Waals surface area contributed by atoms with Gasteiger partial charge in [-0.25, -0.2) is 14.2 Å². The maximum absolute atomic E-state index is 12.1. The lowest BCUT2D eigenvalue weighted by atomic mass is 10.5. The molecule has 0 aromatic carbocycles. The van der Waals surface area contributed by atoms with Crippen molar-refractivity contribution < 1.29 is 0 Å². The summed E-state index contributed by atoms with van der Waals surface area (Å²) in [4.78, 5) is 16.2. The molecule has 0 unspecified atom stereocenters. The zero-order chi connectivity index (χ0) is 11.8. The molecule has 3 rings (SSSR count). The minimum Gasteiger partial charge on any atom is -0.250 e. The fourth-order valence-electron chi connectivity index (χ4n) is 1.58. The summed E-state index contributed by atoms with van der Waals surface area (Å²) in [5, 5.41) is 4.24. The van der Waals surface area contributed by atoms with Crippen LogP contribution in [0.4, 0.5) is 0 Å². The fourth-order valence-corrected chi connectivity index (χ4v) is 2.02. The summed E-state index contributed by atoms with van der Waals surface area (Å²) < 4.78 is 3.83. The zero-order valence-electron chi connectivity index (χ0n) is 8.62. The van der Waals surface area contributed by atoms with E-state index in [1.165, 1.54) is 9.08 Å². The van der Waals surface area contributed by atoms with Crippen molar-refractivity contribution in [2.75, 3.05) is 0 Å². The van der Waals surface area contributed by atoms with E-state index in [1.54, 1.807) is 24.5 Å². The Hall–Kier alpha value is -1.70. The largest absolute Gasteiger partial charge is 0.356 e. The van der Waals surface area contributed by atoms with Crippen molar-refractivity contribution in [3.05, 3.63) is 56.8 Å². The van der Waals surface area contributed by atoms with E-state index in [0.29, 0.717) is 11.5 Å². The number of aromatic nitrogens is 4. The van der Waals surface area contributed by atoms with Gasteiger partial charge in [0.1, 0.15) is 0 Å². The quantitative estimate of drug-likeness (QED) is 0.632. The minimum absolute atomic E-state index is 0.213. The molecule has 3 aromatic heterocycles. The SMILES string of the molecule is O=c1n(-c2ccccn2)nc2cc(I)ccn12. The van der Waals surface area contributed by atoms with Gasteiger partial charge in [-0.1, -0.05) is 6.07 Å². The van der Waals surface area contributed by atoms with Crippen molar-refractivity contribution in [2.24, 2.45) is 0 Å². The third-order valence-electron chi connectivity index (χ3n) is 2.35. The molecule has 0 aliphatic carbocycles. The Balaban J connectivity index is 2.32. The smallest absolute Gasteiger partial charge is 0.250 e. The summed E-state index contributed by atoms with van der Waals surface area (Å²) in [6.07, 6.45) is 3.35. The highest BCUT2D eigenvalue weighted by atomic mass is 127. The number of halogens is 1. The van der Waals surface area contributed by atoms with Gasteiger partial charge in [0.25, 0.3) is 0 Å². The number of hydrogen-bond donors (Lipinski definition) is 0. The molecule has 17 heavy (non-hydrogen) atoms. The predicted molar refractivity (Wildman–Crippen MR) is 71.3 cm³/mol. The summed E-state index contributed by atoms with van der Waals surface area (Å²) in [7, 11) is 0. The van der Waals surface area contributed by atoms with E-state index in [1.807, 2.05) is 18.2 Å². The highest BCUT2D eigenvalue weighted by Crippen LogP contribution is 2.07. The molecule has 0 N–H and O–H groups in total. The predicted octanol–water partition coefficient (Wildman–Crippen LogP) is 1.48. The molecule has 6 heteroatoms. The van der Waals surface area contributed by atoms with Crippen LogP contribution < -0.4 is 5.69 Å². The van der Waals surface area contributed by atoms with Crippen molar-refractivity contribution in [3.8, 4) is 5.82 Å². The van der Waals surface area contributed by atoms with Crippen LogP contribution >= 0.6 is 22.6 Å². The van der Waals surface area contributed by atoms with E-state index in [0.717, 1.165) is 3.57 Å². The van der Waals surface area contributed by atoms with Gasteiger partial charge in [0, 0.05) is 16.0 Å². The van der Waals surface area contributed by atoms with Crippen LogP contribution in [0, 0.1) is 3.57 Å². The van der Waals surface area contributed by atoms with E-state index in [2.05, 4.69) is 32.7 Å². The Bertz CT molecular complexity index is 732. The topological polar surface area (TPSA) is 52.2 Å². The third-order valence-corrected chi connectivity index (χ3v) is 3.02. The van der Waals surface area contributed by atoms with Crippen molar-refractivity contribution in [3.63, 3.8) is 0 Å². The average Bonchev–Trinajstić information content (AvgIpc) is 2.67. The molecule has 0 aliphatic heterocycles.